The Morgan fingerprint density at radius 3 is 2.43 bits per heavy atom. The average molecular weight is 710 g/mol. The highest BCUT2D eigenvalue weighted by atomic mass is 16.4. The van der Waals surface area contributed by atoms with E-state index in [0.29, 0.717) is 72.2 Å². The summed E-state index contributed by atoms with van der Waals surface area (Å²) in [7, 11) is 0. The van der Waals surface area contributed by atoms with E-state index in [9.17, 15) is 20.3 Å². The topological polar surface area (TPSA) is 161 Å². The lowest BCUT2D eigenvalue weighted by Gasteiger charge is -2.30. The van der Waals surface area contributed by atoms with Crippen molar-refractivity contribution in [3.05, 3.63) is 94.4 Å². The first-order chi connectivity index (χ1) is 25.6. The number of hydrogen-bond acceptors (Lipinski definition) is 10. The van der Waals surface area contributed by atoms with E-state index in [1.807, 2.05) is 56.4 Å². The van der Waals surface area contributed by atoms with E-state index in [0.717, 1.165) is 69.4 Å². The van der Waals surface area contributed by atoms with Crippen LogP contribution in [0, 0.1) is 38.0 Å². The zero-order chi connectivity index (χ0) is 37.2. The number of piperidine rings is 1. The number of carbonyl (C=O) groups is 1. The molecule has 11 heteroatoms. The summed E-state index contributed by atoms with van der Waals surface area (Å²) >= 11 is 0. The van der Waals surface area contributed by atoms with Gasteiger partial charge < -0.3 is 19.9 Å². The molecule has 0 unspecified atom stereocenters. The van der Waals surface area contributed by atoms with Crippen LogP contribution >= 0.6 is 0 Å². The molecular weight excluding hydrogens is 667 g/mol. The van der Waals surface area contributed by atoms with E-state index < -0.39 is 5.97 Å². The molecule has 0 radical (unpaired) electrons. The van der Waals surface area contributed by atoms with Gasteiger partial charge in [-0.25, -0.2) is 15.0 Å². The number of carboxylic acid groups (broad SMARTS) is 1. The van der Waals surface area contributed by atoms with Gasteiger partial charge in [-0.15, -0.1) is 0 Å². The van der Waals surface area contributed by atoms with Crippen LogP contribution in [-0.2, 0) is 17.8 Å². The van der Waals surface area contributed by atoms with Crippen molar-refractivity contribution in [1.82, 2.24) is 24.8 Å². The van der Waals surface area contributed by atoms with Crippen LogP contribution in [0.25, 0.3) is 44.7 Å². The molecule has 0 amide bonds. The number of nitrogens with one attached hydrogen (secondary N) is 1. The second-order valence-corrected chi connectivity index (χ2v) is 14.2. The van der Waals surface area contributed by atoms with E-state index in [1.54, 1.807) is 0 Å². The number of aliphatic hydroxyl groups excluding tert-OH is 1. The molecule has 11 nitrogen and oxygen atoms in total. The number of carboxylic acids is 1. The van der Waals surface area contributed by atoms with Crippen molar-refractivity contribution in [2.24, 2.45) is 5.92 Å². The Hall–Kier alpha value is -5.70. The predicted molar refractivity (Wildman–Crippen MR) is 205 cm³/mol. The van der Waals surface area contributed by atoms with Crippen molar-refractivity contribution in [1.29, 1.82) is 5.26 Å². The highest BCUT2D eigenvalue weighted by molar-refractivity contribution is 5.89. The van der Waals surface area contributed by atoms with E-state index in [2.05, 4.69) is 53.3 Å². The van der Waals surface area contributed by atoms with Crippen LogP contribution in [-0.4, -0.2) is 60.2 Å². The van der Waals surface area contributed by atoms with Gasteiger partial charge in [-0.05, 0) is 137 Å². The number of hydrogen-bond donors (Lipinski definition) is 3. The maximum atomic E-state index is 11.4. The number of rotatable bonds is 11. The molecule has 270 valence electrons. The maximum Gasteiger partial charge on any atom is 0.306 e. The predicted octanol–water partition coefficient (Wildman–Crippen LogP) is 8.04. The van der Waals surface area contributed by atoms with Gasteiger partial charge in [-0.3, -0.25) is 14.7 Å². The smallest absolute Gasteiger partial charge is 0.306 e. The molecule has 0 spiro atoms. The van der Waals surface area contributed by atoms with Crippen LogP contribution in [0.2, 0.25) is 0 Å². The third kappa shape index (κ3) is 7.61. The first-order valence-corrected chi connectivity index (χ1v) is 18.1. The molecular formula is C42H43N7O4. The summed E-state index contributed by atoms with van der Waals surface area (Å²) in [6.45, 7) is 9.83. The molecule has 0 aliphatic carbocycles. The number of fused-ring (bicyclic) bond motifs is 2. The van der Waals surface area contributed by atoms with Gasteiger partial charge in [-0.1, -0.05) is 24.3 Å². The Morgan fingerprint density at radius 2 is 1.70 bits per heavy atom. The van der Waals surface area contributed by atoms with Gasteiger partial charge in [0.25, 0.3) is 0 Å². The summed E-state index contributed by atoms with van der Waals surface area (Å²) in [4.78, 5) is 32.7. The molecule has 3 N–H and O–H groups in total. The fourth-order valence-electron chi connectivity index (χ4n) is 7.33. The Labute approximate surface area is 308 Å². The standard InChI is InChI=1S/C42H43N7O4/c1-24(50)8-5-9-28-19-36-38(44-22-28)40(46-27(4)45-36)47-35-13-7-11-33(26(35)3)32-10-6-12-34(25(32)2)41-48-37-20-29(18-31(21-43)39(37)53-41)23-49-16-14-30(15-17-49)42(51)52/h6-7,10-13,18-20,22,24,30,50H,5,8-9,14-17,23H2,1-4H3,(H,51,52)(H,45,46,47)/t24-/m0/s1. The van der Waals surface area contributed by atoms with E-state index >= 15 is 0 Å². The average Bonchev–Trinajstić information content (AvgIpc) is 3.56. The summed E-state index contributed by atoms with van der Waals surface area (Å²) in [6.07, 6.45) is 5.21. The Morgan fingerprint density at radius 1 is 0.981 bits per heavy atom. The number of aliphatic carboxylic acids is 1. The molecule has 1 atom stereocenters. The first kappa shape index (κ1) is 35.7. The Bertz CT molecular complexity index is 2370. The van der Waals surface area contributed by atoms with Crippen molar-refractivity contribution in [3.63, 3.8) is 0 Å². The zero-order valence-corrected chi connectivity index (χ0v) is 30.5. The zero-order valence-electron chi connectivity index (χ0n) is 30.5. The first-order valence-electron chi connectivity index (χ1n) is 18.1. The minimum atomic E-state index is -0.730. The van der Waals surface area contributed by atoms with Crippen LogP contribution < -0.4 is 5.32 Å². The fourth-order valence-corrected chi connectivity index (χ4v) is 7.33. The van der Waals surface area contributed by atoms with Gasteiger partial charge in [0, 0.05) is 24.0 Å². The van der Waals surface area contributed by atoms with Crippen molar-refractivity contribution >= 4 is 39.6 Å². The lowest BCUT2D eigenvalue weighted by atomic mass is 9.93. The number of benzene rings is 3. The molecule has 53 heavy (non-hydrogen) atoms. The second-order valence-electron chi connectivity index (χ2n) is 14.2. The number of aliphatic hydroxyl groups is 1. The van der Waals surface area contributed by atoms with Crippen molar-refractivity contribution in [2.45, 2.75) is 72.4 Å². The molecule has 1 aliphatic rings. The minimum absolute atomic E-state index is 0.296. The normalized spacial score (nSPS) is 14.4. The van der Waals surface area contributed by atoms with Crippen LogP contribution in [0.3, 0.4) is 0 Å². The SMILES string of the molecule is Cc1nc(Nc2cccc(-c3cccc(-c4nc5cc(CN6CCC(C(=O)O)CC6)cc(C#N)c5o4)c3C)c2C)c2ncc(CCC[C@H](C)O)cc2n1. The number of nitriles is 1. The molecule has 4 heterocycles. The molecule has 7 rings (SSSR count). The van der Waals surface area contributed by atoms with Gasteiger partial charge in [0.05, 0.1) is 23.1 Å². The van der Waals surface area contributed by atoms with Crippen molar-refractivity contribution in [2.75, 3.05) is 18.4 Å². The molecule has 1 aliphatic heterocycles. The van der Waals surface area contributed by atoms with E-state index in [1.165, 1.54) is 0 Å². The molecule has 3 aromatic carbocycles. The monoisotopic (exact) mass is 709 g/mol. The molecule has 0 bridgehead atoms. The number of likely N-dealkylation sites (tertiary alicyclic amines) is 1. The van der Waals surface area contributed by atoms with Gasteiger partial charge in [-0.2, -0.15) is 5.26 Å². The third-order valence-corrected chi connectivity index (χ3v) is 10.2. The molecule has 1 fully saturated rings. The van der Waals surface area contributed by atoms with Gasteiger partial charge >= 0.3 is 5.97 Å². The summed E-state index contributed by atoms with van der Waals surface area (Å²) in [5.41, 5.74) is 10.8. The van der Waals surface area contributed by atoms with Gasteiger partial charge in [0.15, 0.2) is 11.4 Å². The summed E-state index contributed by atoms with van der Waals surface area (Å²) in [5.74, 6) is 0.700. The minimum Gasteiger partial charge on any atom is -0.481 e. The van der Waals surface area contributed by atoms with Crippen LogP contribution in [0.15, 0.2) is 65.2 Å². The maximum absolute atomic E-state index is 11.4. The fraction of sp³-hybridized carbons (Fsp3) is 0.333. The van der Waals surface area contributed by atoms with Crippen LogP contribution in [0.5, 0.6) is 0 Å². The van der Waals surface area contributed by atoms with Gasteiger partial charge in [0.1, 0.15) is 22.9 Å². The third-order valence-electron chi connectivity index (χ3n) is 10.2. The molecule has 6 aromatic rings. The van der Waals surface area contributed by atoms with Crippen LogP contribution in [0.4, 0.5) is 11.5 Å². The van der Waals surface area contributed by atoms with Gasteiger partial charge in [0.2, 0.25) is 5.89 Å². The summed E-state index contributed by atoms with van der Waals surface area (Å²) in [5, 5.41) is 32.6. The largest absolute Gasteiger partial charge is 0.481 e. The highest BCUT2D eigenvalue weighted by Crippen LogP contribution is 2.38. The quantitative estimate of drug-likeness (QED) is 0.119. The number of aromatic nitrogens is 4. The number of nitrogens with zero attached hydrogens (tertiary/aromatic N) is 6. The highest BCUT2D eigenvalue weighted by Gasteiger charge is 2.25. The number of anilines is 2. The Kier molecular flexibility index (Phi) is 10.2. The molecule has 0 saturated carbocycles. The molecule has 3 aromatic heterocycles. The summed E-state index contributed by atoms with van der Waals surface area (Å²) in [6, 6.07) is 20.4. The van der Waals surface area contributed by atoms with E-state index in [-0.39, 0.29) is 12.0 Å². The van der Waals surface area contributed by atoms with E-state index in [4.69, 9.17) is 19.4 Å². The number of aryl methyl sites for hydroxylation is 2. The number of oxazole rings is 1. The number of pyridine rings is 1. The second kappa shape index (κ2) is 15.1. The lowest BCUT2D eigenvalue weighted by molar-refractivity contribution is -0.143. The van der Waals surface area contributed by atoms with Crippen molar-refractivity contribution in [3.8, 4) is 28.7 Å². The Balaban J connectivity index is 1.16. The van der Waals surface area contributed by atoms with Crippen LogP contribution in [0.1, 0.15) is 66.2 Å². The summed E-state index contributed by atoms with van der Waals surface area (Å²) < 4.78 is 6.30. The lowest BCUT2D eigenvalue weighted by Crippen LogP contribution is -2.35. The van der Waals surface area contributed by atoms with Crippen molar-refractivity contribution < 1.29 is 19.4 Å². The molecule has 1 saturated heterocycles.